The van der Waals surface area contributed by atoms with E-state index in [1.165, 1.54) is 16.8 Å². The predicted molar refractivity (Wildman–Crippen MR) is 96.2 cm³/mol. The van der Waals surface area contributed by atoms with Gasteiger partial charge in [0.15, 0.2) is 0 Å². The van der Waals surface area contributed by atoms with Crippen molar-refractivity contribution in [1.82, 2.24) is 24.2 Å². The standard InChI is InChI=1S/C18H21N5OS/c1-21-8-14(6-20-21)9-22-4-3-18(12-22)13-23-16(15-2-5-25-11-15)7-19-17(23)10-24-18/h2,5-8,11H,3-4,9-10,12-13H2,1H3. The number of hydrogen-bond acceptors (Lipinski definition) is 5. The number of rotatable bonds is 3. The van der Waals surface area contributed by atoms with Crippen LogP contribution < -0.4 is 0 Å². The zero-order valence-corrected chi connectivity index (χ0v) is 15.1. The van der Waals surface area contributed by atoms with Gasteiger partial charge in [0.2, 0.25) is 0 Å². The second-order valence-corrected chi connectivity index (χ2v) is 7.89. The molecule has 130 valence electrons. The van der Waals surface area contributed by atoms with Crippen LogP contribution in [0.15, 0.2) is 35.4 Å². The van der Waals surface area contributed by atoms with Gasteiger partial charge in [0.25, 0.3) is 0 Å². The maximum Gasteiger partial charge on any atom is 0.135 e. The number of thiophene rings is 1. The third kappa shape index (κ3) is 2.72. The van der Waals surface area contributed by atoms with Gasteiger partial charge in [0.1, 0.15) is 18.0 Å². The first kappa shape index (κ1) is 15.3. The van der Waals surface area contributed by atoms with Crippen molar-refractivity contribution in [3.63, 3.8) is 0 Å². The van der Waals surface area contributed by atoms with E-state index in [0.717, 1.165) is 38.4 Å². The first-order chi connectivity index (χ1) is 12.2. The Hall–Kier alpha value is -1.96. The molecule has 0 radical (unpaired) electrons. The summed E-state index contributed by atoms with van der Waals surface area (Å²) < 4.78 is 10.5. The fraction of sp³-hybridized carbons (Fsp3) is 0.444. The van der Waals surface area contributed by atoms with Crippen LogP contribution in [-0.4, -0.2) is 42.9 Å². The molecule has 1 spiro atoms. The molecule has 0 saturated carbocycles. The lowest BCUT2D eigenvalue weighted by Gasteiger charge is -2.35. The Morgan fingerprint density at radius 3 is 3.08 bits per heavy atom. The minimum atomic E-state index is -0.0965. The Balaban J connectivity index is 1.36. The van der Waals surface area contributed by atoms with Crippen LogP contribution >= 0.6 is 11.3 Å². The summed E-state index contributed by atoms with van der Waals surface area (Å²) in [5, 5.41) is 8.58. The SMILES string of the molecule is Cn1cc(CN2CCC3(C2)Cn2c(-c4ccsc4)cnc2CO3)cn1. The van der Waals surface area contributed by atoms with Gasteiger partial charge >= 0.3 is 0 Å². The van der Waals surface area contributed by atoms with Crippen molar-refractivity contribution < 1.29 is 4.74 Å². The number of aryl methyl sites for hydroxylation is 1. The van der Waals surface area contributed by atoms with E-state index < -0.39 is 0 Å². The number of ether oxygens (including phenoxy) is 1. The van der Waals surface area contributed by atoms with Crippen molar-refractivity contribution in [3.8, 4) is 11.3 Å². The third-order valence-electron chi connectivity index (χ3n) is 5.27. The van der Waals surface area contributed by atoms with E-state index in [0.29, 0.717) is 6.61 Å². The molecule has 25 heavy (non-hydrogen) atoms. The van der Waals surface area contributed by atoms with Gasteiger partial charge in [-0.05, 0) is 17.9 Å². The van der Waals surface area contributed by atoms with E-state index in [9.17, 15) is 0 Å². The lowest BCUT2D eigenvalue weighted by atomic mass is 10.0. The van der Waals surface area contributed by atoms with Gasteiger partial charge in [0.05, 0.1) is 24.6 Å². The number of likely N-dealkylation sites (tertiary alicyclic amines) is 1. The Morgan fingerprint density at radius 1 is 1.32 bits per heavy atom. The molecule has 6 nitrogen and oxygen atoms in total. The largest absolute Gasteiger partial charge is 0.364 e. The summed E-state index contributed by atoms with van der Waals surface area (Å²) in [4.78, 5) is 7.05. The molecule has 1 unspecified atom stereocenters. The summed E-state index contributed by atoms with van der Waals surface area (Å²) in [5.41, 5.74) is 3.63. The first-order valence-corrected chi connectivity index (χ1v) is 9.56. The average molecular weight is 355 g/mol. The number of fused-ring (bicyclic) bond motifs is 1. The smallest absolute Gasteiger partial charge is 0.135 e. The second-order valence-electron chi connectivity index (χ2n) is 7.11. The molecule has 7 heteroatoms. The normalized spacial score (nSPS) is 23.4. The van der Waals surface area contributed by atoms with Gasteiger partial charge in [-0.15, -0.1) is 0 Å². The van der Waals surface area contributed by atoms with Crippen molar-refractivity contribution in [1.29, 1.82) is 0 Å². The number of hydrogen-bond donors (Lipinski definition) is 0. The molecule has 3 aromatic heterocycles. The summed E-state index contributed by atoms with van der Waals surface area (Å²) in [6.45, 7) is 4.45. The zero-order chi connectivity index (χ0) is 16.9. The van der Waals surface area contributed by atoms with Gasteiger partial charge < -0.3 is 9.30 Å². The summed E-state index contributed by atoms with van der Waals surface area (Å²) in [6.07, 6.45) is 7.10. The van der Waals surface area contributed by atoms with E-state index in [1.807, 2.05) is 24.1 Å². The molecule has 0 bridgehead atoms. The van der Waals surface area contributed by atoms with Crippen LogP contribution in [0.3, 0.4) is 0 Å². The second kappa shape index (κ2) is 5.79. The molecule has 0 N–H and O–H groups in total. The topological polar surface area (TPSA) is 48.1 Å². The molecule has 0 aromatic carbocycles. The van der Waals surface area contributed by atoms with Crippen molar-refractivity contribution in [3.05, 3.63) is 46.8 Å². The maximum atomic E-state index is 6.31. The van der Waals surface area contributed by atoms with E-state index in [2.05, 4.69) is 42.6 Å². The van der Waals surface area contributed by atoms with Gasteiger partial charge in [-0.2, -0.15) is 16.4 Å². The molecule has 0 aliphatic carbocycles. The van der Waals surface area contributed by atoms with Crippen LogP contribution in [0.5, 0.6) is 0 Å². The minimum absolute atomic E-state index is 0.0965. The van der Waals surface area contributed by atoms with Crippen LogP contribution in [0.2, 0.25) is 0 Å². The highest BCUT2D eigenvalue weighted by molar-refractivity contribution is 7.08. The fourth-order valence-electron chi connectivity index (χ4n) is 4.02. The van der Waals surface area contributed by atoms with Gasteiger partial charge in [-0.3, -0.25) is 9.58 Å². The minimum Gasteiger partial charge on any atom is -0.364 e. The number of nitrogens with zero attached hydrogens (tertiary/aromatic N) is 5. The quantitative estimate of drug-likeness (QED) is 0.724. The van der Waals surface area contributed by atoms with Crippen LogP contribution in [0.25, 0.3) is 11.3 Å². The third-order valence-corrected chi connectivity index (χ3v) is 5.95. The summed E-state index contributed by atoms with van der Waals surface area (Å²) >= 11 is 1.73. The molecule has 5 heterocycles. The van der Waals surface area contributed by atoms with E-state index in [4.69, 9.17) is 4.74 Å². The summed E-state index contributed by atoms with van der Waals surface area (Å²) in [5.74, 6) is 1.04. The Morgan fingerprint density at radius 2 is 2.28 bits per heavy atom. The lowest BCUT2D eigenvalue weighted by Crippen LogP contribution is -2.44. The maximum absolute atomic E-state index is 6.31. The summed E-state index contributed by atoms with van der Waals surface area (Å²) in [6, 6.07) is 2.17. The number of aromatic nitrogens is 4. The molecule has 1 atom stereocenters. The van der Waals surface area contributed by atoms with Crippen molar-refractivity contribution in [2.75, 3.05) is 13.1 Å². The van der Waals surface area contributed by atoms with Crippen LogP contribution in [0.4, 0.5) is 0 Å². The molecule has 5 rings (SSSR count). The highest BCUT2D eigenvalue weighted by atomic mass is 32.1. The van der Waals surface area contributed by atoms with E-state index in [1.54, 1.807) is 11.3 Å². The van der Waals surface area contributed by atoms with Gasteiger partial charge in [-0.1, -0.05) is 0 Å². The molecule has 1 fully saturated rings. The van der Waals surface area contributed by atoms with E-state index in [-0.39, 0.29) is 5.60 Å². The van der Waals surface area contributed by atoms with Crippen molar-refractivity contribution >= 4 is 11.3 Å². The van der Waals surface area contributed by atoms with E-state index >= 15 is 0 Å². The van der Waals surface area contributed by atoms with Crippen LogP contribution in [0, 0.1) is 0 Å². The van der Waals surface area contributed by atoms with Crippen molar-refractivity contribution in [2.45, 2.75) is 31.7 Å². The van der Waals surface area contributed by atoms with Crippen LogP contribution in [-0.2, 0) is 31.5 Å². The molecular weight excluding hydrogens is 334 g/mol. The molecular formula is C18H21N5OS. The molecule has 2 aliphatic rings. The van der Waals surface area contributed by atoms with Gasteiger partial charge in [0, 0.05) is 49.4 Å². The first-order valence-electron chi connectivity index (χ1n) is 8.62. The average Bonchev–Trinajstić information content (AvgIpc) is 3.36. The fourth-order valence-corrected chi connectivity index (χ4v) is 4.67. The lowest BCUT2D eigenvalue weighted by molar-refractivity contribution is -0.0821. The molecule has 0 amide bonds. The Bertz CT molecular complexity index is 883. The molecule has 1 saturated heterocycles. The zero-order valence-electron chi connectivity index (χ0n) is 14.3. The predicted octanol–water partition coefficient (Wildman–Crippen LogP) is 2.52. The Labute approximate surface area is 150 Å². The highest BCUT2D eigenvalue weighted by Gasteiger charge is 2.43. The molecule has 3 aromatic rings. The number of imidazole rings is 1. The van der Waals surface area contributed by atoms with Gasteiger partial charge in [-0.25, -0.2) is 4.98 Å². The Kier molecular flexibility index (Phi) is 3.55. The molecule has 2 aliphatic heterocycles. The van der Waals surface area contributed by atoms with Crippen LogP contribution in [0.1, 0.15) is 17.8 Å². The van der Waals surface area contributed by atoms with Crippen molar-refractivity contribution in [2.24, 2.45) is 7.05 Å². The highest BCUT2D eigenvalue weighted by Crippen LogP contribution is 2.35. The monoisotopic (exact) mass is 355 g/mol. The summed E-state index contributed by atoms with van der Waals surface area (Å²) in [7, 11) is 1.96.